The zero-order chi connectivity index (χ0) is 16.1. The lowest BCUT2D eigenvalue weighted by Gasteiger charge is -2.12. The van der Waals surface area contributed by atoms with E-state index in [-0.39, 0.29) is 6.61 Å². The summed E-state index contributed by atoms with van der Waals surface area (Å²) in [5.41, 5.74) is 1.86. The van der Waals surface area contributed by atoms with Gasteiger partial charge in [0.15, 0.2) is 0 Å². The largest absolute Gasteiger partial charge is 0.489 e. The highest BCUT2D eigenvalue weighted by atomic mass is 16.5. The molecule has 0 heterocycles. The molecule has 3 heteroatoms. The van der Waals surface area contributed by atoms with Crippen molar-refractivity contribution < 1.29 is 14.9 Å². The zero-order valence-electron chi connectivity index (χ0n) is 12.9. The first-order valence-electron chi connectivity index (χ1n) is 7.75. The van der Waals surface area contributed by atoms with Crippen molar-refractivity contribution in [1.29, 1.82) is 0 Å². The molecule has 1 unspecified atom stereocenters. The maximum atomic E-state index is 9.93. The highest BCUT2D eigenvalue weighted by Crippen LogP contribution is 2.23. The fraction of sp³-hybridized carbons (Fsp3) is 0.200. The van der Waals surface area contributed by atoms with E-state index in [1.165, 1.54) is 10.8 Å². The minimum absolute atomic E-state index is 0.0384. The number of aliphatic hydroxyl groups is 2. The Labute approximate surface area is 135 Å². The Morgan fingerprint density at radius 3 is 2.52 bits per heavy atom. The third-order valence-electron chi connectivity index (χ3n) is 3.86. The normalized spacial score (nSPS) is 12.3. The fourth-order valence-electron chi connectivity index (χ4n) is 2.60. The van der Waals surface area contributed by atoms with E-state index in [1.807, 2.05) is 36.4 Å². The van der Waals surface area contributed by atoms with Gasteiger partial charge in [-0.3, -0.25) is 0 Å². The Bertz CT molecular complexity index is 782. The average molecular weight is 308 g/mol. The van der Waals surface area contributed by atoms with E-state index in [0.29, 0.717) is 18.8 Å². The average Bonchev–Trinajstić information content (AvgIpc) is 2.60. The molecular weight excluding hydrogens is 288 g/mol. The first kappa shape index (κ1) is 15.5. The predicted molar refractivity (Wildman–Crippen MR) is 91.4 cm³/mol. The molecular formula is C20H20O3. The molecule has 118 valence electrons. The molecule has 0 aromatic heterocycles. The van der Waals surface area contributed by atoms with E-state index in [4.69, 9.17) is 9.84 Å². The van der Waals surface area contributed by atoms with Gasteiger partial charge in [-0.15, -0.1) is 0 Å². The molecule has 3 rings (SSSR count). The van der Waals surface area contributed by atoms with Crippen molar-refractivity contribution in [1.82, 2.24) is 0 Å². The third kappa shape index (κ3) is 3.89. The Morgan fingerprint density at radius 1 is 0.870 bits per heavy atom. The van der Waals surface area contributed by atoms with Gasteiger partial charge in [-0.05, 0) is 40.1 Å². The summed E-state index contributed by atoms with van der Waals surface area (Å²) in [6, 6.07) is 21.9. The van der Waals surface area contributed by atoms with Crippen LogP contribution in [0.15, 0.2) is 66.7 Å². The van der Waals surface area contributed by atoms with Crippen LogP contribution in [0.25, 0.3) is 10.8 Å². The second-order valence-corrected chi connectivity index (χ2v) is 5.57. The number of fused-ring (bicyclic) bond motifs is 1. The van der Waals surface area contributed by atoms with Crippen molar-refractivity contribution in [2.45, 2.75) is 19.1 Å². The molecule has 1 atom stereocenters. The quantitative estimate of drug-likeness (QED) is 0.727. The van der Waals surface area contributed by atoms with Crippen LogP contribution in [0.2, 0.25) is 0 Å². The third-order valence-corrected chi connectivity index (χ3v) is 3.86. The maximum absolute atomic E-state index is 9.93. The molecule has 0 fully saturated rings. The fourth-order valence-corrected chi connectivity index (χ4v) is 2.60. The summed E-state index contributed by atoms with van der Waals surface area (Å²) in [4.78, 5) is 0. The van der Waals surface area contributed by atoms with Crippen molar-refractivity contribution in [2.75, 3.05) is 6.61 Å². The highest BCUT2D eigenvalue weighted by Gasteiger charge is 2.07. The van der Waals surface area contributed by atoms with E-state index < -0.39 is 6.10 Å². The van der Waals surface area contributed by atoms with Gasteiger partial charge in [0.25, 0.3) is 0 Å². The van der Waals surface area contributed by atoms with Gasteiger partial charge >= 0.3 is 0 Å². The van der Waals surface area contributed by atoms with E-state index in [2.05, 4.69) is 30.3 Å². The molecule has 3 aromatic rings. The molecule has 0 spiro atoms. The lowest BCUT2D eigenvalue weighted by Crippen LogP contribution is -2.01. The topological polar surface area (TPSA) is 49.7 Å². The van der Waals surface area contributed by atoms with E-state index in [1.54, 1.807) is 0 Å². The number of hydrogen-bond acceptors (Lipinski definition) is 3. The molecule has 3 aromatic carbocycles. The van der Waals surface area contributed by atoms with E-state index in [9.17, 15) is 5.11 Å². The van der Waals surface area contributed by atoms with Crippen molar-refractivity contribution in [3.05, 3.63) is 77.9 Å². The van der Waals surface area contributed by atoms with Crippen LogP contribution in [-0.4, -0.2) is 16.8 Å². The number of rotatable bonds is 6. The number of hydrogen-bond donors (Lipinski definition) is 2. The number of ether oxygens (including phenoxy) is 1. The van der Waals surface area contributed by atoms with Gasteiger partial charge in [0.1, 0.15) is 12.4 Å². The summed E-state index contributed by atoms with van der Waals surface area (Å²) >= 11 is 0. The van der Waals surface area contributed by atoms with E-state index in [0.717, 1.165) is 11.1 Å². The highest BCUT2D eigenvalue weighted by molar-refractivity contribution is 5.82. The molecule has 0 aliphatic heterocycles. The molecule has 0 bridgehead atoms. The lowest BCUT2D eigenvalue weighted by atomic mass is 10.1. The van der Waals surface area contributed by atoms with Gasteiger partial charge in [-0.25, -0.2) is 0 Å². The monoisotopic (exact) mass is 308 g/mol. The van der Waals surface area contributed by atoms with Crippen LogP contribution in [0.3, 0.4) is 0 Å². The molecule has 0 aliphatic rings. The van der Waals surface area contributed by atoms with Gasteiger partial charge in [-0.1, -0.05) is 48.5 Å². The second-order valence-electron chi connectivity index (χ2n) is 5.57. The first-order valence-corrected chi connectivity index (χ1v) is 7.75. The van der Waals surface area contributed by atoms with Gasteiger partial charge in [0, 0.05) is 13.0 Å². The van der Waals surface area contributed by atoms with Crippen LogP contribution in [0, 0.1) is 0 Å². The predicted octanol–water partition coefficient (Wildman–Crippen LogP) is 3.83. The molecule has 0 saturated carbocycles. The lowest BCUT2D eigenvalue weighted by molar-refractivity contribution is 0.134. The SMILES string of the molecule is OCCC(O)c1cccc(OCc2ccc3ccccc3c2)c1. The van der Waals surface area contributed by atoms with Crippen molar-refractivity contribution in [3.8, 4) is 5.75 Å². The molecule has 23 heavy (non-hydrogen) atoms. The molecule has 0 aliphatic carbocycles. The molecule has 2 N–H and O–H groups in total. The van der Waals surface area contributed by atoms with Crippen molar-refractivity contribution >= 4 is 10.8 Å². The Morgan fingerprint density at radius 2 is 1.70 bits per heavy atom. The Hall–Kier alpha value is -2.36. The van der Waals surface area contributed by atoms with Crippen LogP contribution in [0.5, 0.6) is 5.75 Å². The maximum Gasteiger partial charge on any atom is 0.120 e. The van der Waals surface area contributed by atoms with Crippen LogP contribution < -0.4 is 4.74 Å². The van der Waals surface area contributed by atoms with Crippen LogP contribution >= 0.6 is 0 Å². The van der Waals surface area contributed by atoms with E-state index >= 15 is 0 Å². The molecule has 0 radical (unpaired) electrons. The zero-order valence-corrected chi connectivity index (χ0v) is 12.9. The van der Waals surface area contributed by atoms with Crippen molar-refractivity contribution in [3.63, 3.8) is 0 Å². The van der Waals surface area contributed by atoms with Gasteiger partial charge < -0.3 is 14.9 Å². The Kier molecular flexibility index (Phi) is 4.91. The van der Waals surface area contributed by atoms with Gasteiger partial charge in [-0.2, -0.15) is 0 Å². The molecule has 3 nitrogen and oxygen atoms in total. The second kappa shape index (κ2) is 7.27. The summed E-state index contributed by atoms with van der Waals surface area (Å²) in [6.07, 6.45) is -0.335. The number of benzene rings is 3. The summed E-state index contributed by atoms with van der Waals surface area (Å²) in [5.74, 6) is 0.715. The van der Waals surface area contributed by atoms with Crippen LogP contribution in [0.4, 0.5) is 0 Å². The molecule has 0 amide bonds. The van der Waals surface area contributed by atoms with Gasteiger partial charge in [0.05, 0.1) is 6.10 Å². The molecule has 0 saturated heterocycles. The smallest absolute Gasteiger partial charge is 0.120 e. The van der Waals surface area contributed by atoms with Gasteiger partial charge in [0.2, 0.25) is 0 Å². The van der Waals surface area contributed by atoms with Crippen LogP contribution in [-0.2, 0) is 6.61 Å². The minimum Gasteiger partial charge on any atom is -0.489 e. The summed E-state index contributed by atoms with van der Waals surface area (Å²) in [5, 5.41) is 21.3. The first-order chi connectivity index (χ1) is 11.3. The Balaban J connectivity index is 1.70. The minimum atomic E-state index is -0.663. The summed E-state index contributed by atoms with van der Waals surface area (Å²) in [7, 11) is 0. The summed E-state index contributed by atoms with van der Waals surface area (Å²) < 4.78 is 5.84. The summed E-state index contributed by atoms with van der Waals surface area (Å²) in [6.45, 7) is 0.438. The van der Waals surface area contributed by atoms with Crippen molar-refractivity contribution in [2.24, 2.45) is 0 Å². The van der Waals surface area contributed by atoms with Crippen LogP contribution in [0.1, 0.15) is 23.7 Å². The number of aliphatic hydroxyl groups excluding tert-OH is 2. The standard InChI is InChI=1S/C20H20O3/c21-11-10-20(22)18-6-3-7-19(13-18)23-14-15-8-9-16-4-1-2-5-17(16)12-15/h1-9,12-13,20-22H,10-11,14H2.